The summed E-state index contributed by atoms with van der Waals surface area (Å²) in [5.41, 5.74) is -0.979. The molecule has 0 aromatic heterocycles. The topological polar surface area (TPSA) is 268 Å². The molecule has 4 unspecified atom stereocenters. The number of hydrogen-bond donors (Lipinski definition) is 0. The third-order valence-electron chi connectivity index (χ3n) is 7.70. The van der Waals surface area contributed by atoms with Crippen LogP contribution < -0.4 is 0 Å². The summed E-state index contributed by atoms with van der Waals surface area (Å²) < 4.78 is 0. The molecule has 1 aromatic carbocycles. The molecule has 0 amide bonds. The fourth-order valence-corrected chi connectivity index (χ4v) is 4.49. The lowest BCUT2D eigenvalue weighted by Gasteiger charge is -2.18. The van der Waals surface area contributed by atoms with Crippen LogP contribution in [-0.2, 0) is 44.8 Å². The van der Waals surface area contributed by atoms with Crippen molar-refractivity contribution in [2.24, 2.45) is 21.7 Å². The van der Waals surface area contributed by atoms with Gasteiger partial charge < -0.3 is 0 Å². The third-order valence-corrected chi connectivity index (χ3v) is 7.70. The highest BCUT2D eigenvalue weighted by atomic mass is 16.2. The molecule has 0 saturated carbocycles. The Hall–Kier alpha value is -9.62. The molecule has 14 heteroatoms. The van der Waals surface area contributed by atoms with Crippen molar-refractivity contribution in [3.05, 3.63) is 131 Å². The largest absolute Gasteiger partial charge is 0.373 e. The number of allylic oxidation sites excluding steroid dienone is 14. The van der Waals surface area contributed by atoms with Crippen LogP contribution in [0.5, 0.6) is 0 Å². The van der Waals surface area contributed by atoms with Crippen LogP contribution in [0.3, 0.4) is 0 Å². The molecule has 296 valence electrons. The SMILES string of the molecule is C#CC1(C)C=CC(=O)C(C#N)=C1.C#CC1(N=CCc2ccccc2)C=CC(=O)C(C#N)=C1.C#CC1C=CC(=O)C(C#N)=C1.CC1(C#N)C=CC(=O)C(C#N)=C1.O=C=O.O=C=O. The molecule has 4 aliphatic rings. The molecule has 0 fully saturated rings. The molecule has 0 saturated heterocycles. The van der Waals surface area contributed by atoms with Crippen molar-refractivity contribution < 1.29 is 38.4 Å². The van der Waals surface area contributed by atoms with Crippen LogP contribution in [0, 0.1) is 110 Å². The van der Waals surface area contributed by atoms with Gasteiger partial charge in [-0.2, -0.15) is 45.5 Å². The van der Waals surface area contributed by atoms with Crippen LogP contribution in [0.1, 0.15) is 19.4 Å². The van der Waals surface area contributed by atoms with Crippen molar-refractivity contribution in [1.29, 1.82) is 26.3 Å². The third kappa shape index (κ3) is 17.4. The predicted octanol–water partition coefficient (Wildman–Crippen LogP) is 4.24. The Balaban J connectivity index is 0.000000775. The summed E-state index contributed by atoms with van der Waals surface area (Å²) >= 11 is 0. The highest BCUT2D eigenvalue weighted by Gasteiger charge is 2.27. The molecular formula is C47H30N6O8. The van der Waals surface area contributed by atoms with Gasteiger partial charge in [0.05, 0.1) is 45.1 Å². The number of terminal acetylenes is 3. The minimum absolute atomic E-state index is 0.0299. The molecule has 0 radical (unpaired) electrons. The van der Waals surface area contributed by atoms with Crippen molar-refractivity contribution in [3.8, 4) is 67.4 Å². The van der Waals surface area contributed by atoms with Crippen LogP contribution >= 0.6 is 0 Å². The second-order valence-corrected chi connectivity index (χ2v) is 12.2. The summed E-state index contributed by atoms with van der Waals surface area (Å²) in [7, 11) is 0. The minimum Gasteiger partial charge on any atom is -0.289 e. The molecule has 0 bridgehead atoms. The van der Waals surface area contributed by atoms with E-state index < -0.39 is 16.4 Å². The van der Waals surface area contributed by atoms with Crippen molar-refractivity contribution in [1.82, 2.24) is 0 Å². The first-order valence-electron chi connectivity index (χ1n) is 16.9. The second kappa shape index (κ2) is 26.3. The highest BCUT2D eigenvalue weighted by Crippen LogP contribution is 2.26. The molecule has 61 heavy (non-hydrogen) atoms. The van der Waals surface area contributed by atoms with E-state index in [1.54, 1.807) is 44.4 Å². The number of nitriles is 5. The van der Waals surface area contributed by atoms with E-state index in [4.69, 9.17) is 64.8 Å². The lowest BCUT2D eigenvalue weighted by molar-refractivity contribution is -0.193. The molecule has 1 aromatic rings. The quantitative estimate of drug-likeness (QED) is 0.306. The highest BCUT2D eigenvalue weighted by molar-refractivity contribution is 6.10. The van der Waals surface area contributed by atoms with Crippen molar-refractivity contribution in [2.75, 3.05) is 0 Å². The Bertz CT molecular complexity index is 2520. The van der Waals surface area contributed by atoms with E-state index >= 15 is 0 Å². The van der Waals surface area contributed by atoms with E-state index in [0.717, 1.165) is 5.56 Å². The first kappa shape index (κ1) is 51.4. The number of aliphatic imine (C=N–C) groups is 1. The zero-order chi connectivity index (χ0) is 46.5. The van der Waals surface area contributed by atoms with Gasteiger partial charge in [-0.05, 0) is 74.1 Å². The smallest absolute Gasteiger partial charge is 0.289 e. The Morgan fingerprint density at radius 2 is 1.07 bits per heavy atom. The summed E-state index contributed by atoms with van der Waals surface area (Å²) in [5.74, 6) is 6.04. The van der Waals surface area contributed by atoms with Gasteiger partial charge in [0.15, 0.2) is 28.7 Å². The predicted molar refractivity (Wildman–Crippen MR) is 215 cm³/mol. The van der Waals surface area contributed by atoms with E-state index in [1.807, 2.05) is 48.5 Å². The van der Waals surface area contributed by atoms with Crippen LogP contribution in [0.4, 0.5) is 0 Å². The van der Waals surface area contributed by atoms with E-state index in [9.17, 15) is 19.2 Å². The first-order valence-corrected chi connectivity index (χ1v) is 16.9. The molecule has 4 atom stereocenters. The van der Waals surface area contributed by atoms with Gasteiger partial charge in [0, 0.05) is 12.6 Å². The summed E-state index contributed by atoms with van der Waals surface area (Å²) in [6, 6.07) is 19.0. The number of carbonyl (C=O) groups excluding carboxylic acids is 8. The van der Waals surface area contributed by atoms with Crippen molar-refractivity contribution in [3.63, 3.8) is 0 Å². The van der Waals surface area contributed by atoms with Gasteiger partial charge in [0.25, 0.3) is 0 Å². The van der Waals surface area contributed by atoms with Gasteiger partial charge in [-0.15, -0.1) is 19.3 Å². The molecule has 14 nitrogen and oxygen atoms in total. The molecule has 0 spiro atoms. The van der Waals surface area contributed by atoms with Gasteiger partial charge >= 0.3 is 12.3 Å². The second-order valence-electron chi connectivity index (χ2n) is 12.2. The summed E-state index contributed by atoms with van der Waals surface area (Å²) in [6.45, 7) is 3.42. The molecule has 4 aliphatic carbocycles. The fourth-order valence-electron chi connectivity index (χ4n) is 4.49. The Morgan fingerprint density at radius 1 is 0.623 bits per heavy atom. The molecular weight excluding hydrogens is 777 g/mol. The molecule has 5 rings (SSSR count). The number of benzene rings is 1. The van der Waals surface area contributed by atoms with Gasteiger partial charge in [-0.25, -0.2) is 0 Å². The fraction of sp³-hybridized carbons (Fsp3) is 0.149. The van der Waals surface area contributed by atoms with Crippen molar-refractivity contribution in [2.45, 2.75) is 25.8 Å². The van der Waals surface area contributed by atoms with Crippen LogP contribution in [0.25, 0.3) is 0 Å². The van der Waals surface area contributed by atoms with Crippen LogP contribution in [-0.4, -0.2) is 47.2 Å². The monoisotopic (exact) mass is 806 g/mol. The number of rotatable bonds is 3. The number of ketones is 4. The van der Waals surface area contributed by atoms with E-state index in [2.05, 4.69) is 22.8 Å². The van der Waals surface area contributed by atoms with Gasteiger partial charge in [0.1, 0.15) is 24.3 Å². The van der Waals surface area contributed by atoms with Crippen LogP contribution in [0.2, 0.25) is 0 Å². The molecule has 0 aliphatic heterocycles. The Kier molecular flexibility index (Phi) is 22.1. The van der Waals surface area contributed by atoms with Gasteiger partial charge in [-0.1, -0.05) is 66.3 Å². The minimum atomic E-state index is -1.03. The number of nitrogens with zero attached hydrogens (tertiary/aromatic N) is 6. The van der Waals surface area contributed by atoms with Crippen molar-refractivity contribution >= 4 is 41.7 Å². The lowest BCUT2D eigenvalue weighted by Crippen LogP contribution is -2.24. The maximum Gasteiger partial charge on any atom is 0.373 e. The maximum absolute atomic E-state index is 11.4. The standard InChI is InChI=1S/C17H12N2O.C10H7NO.C9H6N2O.C9H5NO.2CO2/c1-2-17(10-8-16(20)15(12-17)13-18)19-11-9-14-6-4-3-5-7-14;1-3-10(2)5-4-9(12)8(6-10)7-11;1-9(6-11)3-2-8(12)7(4-9)5-10;1-2-7-3-4-9(11)8(5-7)6-10;2*2-1-3/h1,3-8,10-12H,9H2;1,4-6H,2H3;2-4H,1H3;1,3-5,7H;;. The molecule has 0 heterocycles. The zero-order valence-corrected chi connectivity index (χ0v) is 32.4. The lowest BCUT2D eigenvalue weighted by atomic mass is 9.84. The zero-order valence-electron chi connectivity index (χ0n) is 32.4. The average molecular weight is 807 g/mol. The van der Waals surface area contributed by atoms with E-state index in [1.165, 1.54) is 60.8 Å². The number of carbonyl (C=O) groups is 4. The Labute approximate surface area is 351 Å². The normalized spacial score (nSPS) is 21.9. The first-order chi connectivity index (χ1) is 29.0. The Morgan fingerprint density at radius 3 is 1.51 bits per heavy atom. The summed E-state index contributed by atoms with van der Waals surface area (Å²) in [5, 5.41) is 43.1. The molecule has 0 N–H and O–H groups in total. The summed E-state index contributed by atoms with van der Waals surface area (Å²) in [6.07, 6.45) is 36.0. The van der Waals surface area contributed by atoms with Gasteiger partial charge in [-0.3, -0.25) is 24.2 Å². The summed E-state index contributed by atoms with van der Waals surface area (Å²) in [4.78, 5) is 81.0. The van der Waals surface area contributed by atoms with Gasteiger partial charge in [0.2, 0.25) is 0 Å². The maximum atomic E-state index is 11.4. The van der Waals surface area contributed by atoms with Crippen LogP contribution in [0.15, 0.2) is 131 Å². The van der Waals surface area contributed by atoms with E-state index in [0.29, 0.717) is 6.42 Å². The number of hydrogen-bond acceptors (Lipinski definition) is 14. The van der Waals surface area contributed by atoms with E-state index in [-0.39, 0.29) is 63.6 Å². The average Bonchev–Trinajstić information content (AvgIpc) is 3.28.